The molecule has 0 bridgehead atoms. The molecule has 2 aromatic rings. The Labute approximate surface area is 114 Å². The lowest BCUT2D eigenvalue weighted by Gasteiger charge is -2.12. The van der Waals surface area contributed by atoms with E-state index in [0.29, 0.717) is 0 Å². The highest BCUT2D eigenvalue weighted by molar-refractivity contribution is 6.00. The van der Waals surface area contributed by atoms with Gasteiger partial charge in [0.25, 0.3) is 0 Å². The van der Waals surface area contributed by atoms with Gasteiger partial charge in [0.05, 0.1) is 12.3 Å². The summed E-state index contributed by atoms with van der Waals surface area (Å²) in [6, 6.07) is 4.90. The van der Waals surface area contributed by atoms with Crippen LogP contribution in [0.15, 0.2) is 22.8 Å². The minimum absolute atomic E-state index is 0.00472. The molecule has 2 aromatic heterocycles. The fourth-order valence-corrected chi connectivity index (χ4v) is 1.52. The highest BCUT2D eigenvalue weighted by atomic mass is 16.3. The van der Waals surface area contributed by atoms with E-state index >= 15 is 0 Å². The van der Waals surface area contributed by atoms with Crippen LogP contribution in [0.5, 0.6) is 0 Å². The van der Waals surface area contributed by atoms with Crippen molar-refractivity contribution in [2.75, 3.05) is 24.7 Å². The first-order valence-corrected chi connectivity index (χ1v) is 5.69. The number of furan rings is 1. The predicted octanol–water partition coefficient (Wildman–Crippen LogP) is 0.603. The summed E-state index contributed by atoms with van der Waals surface area (Å²) in [7, 11) is 3.43. The monoisotopic (exact) mass is 272 g/mol. The van der Waals surface area contributed by atoms with E-state index in [-0.39, 0.29) is 23.5 Å². The SMILES string of the molecule is CN(C)c1nc(N)nc(C(C#N)C(=O)c2ccco2)n1. The van der Waals surface area contributed by atoms with Crippen LogP contribution in [0.1, 0.15) is 22.3 Å². The van der Waals surface area contributed by atoms with E-state index in [9.17, 15) is 10.1 Å². The number of nitriles is 1. The average Bonchev–Trinajstić information content (AvgIpc) is 2.92. The van der Waals surface area contributed by atoms with Crippen LogP contribution in [0, 0.1) is 11.3 Å². The van der Waals surface area contributed by atoms with Crippen molar-refractivity contribution in [2.24, 2.45) is 0 Å². The number of anilines is 2. The standard InChI is InChI=1S/C12H12N6O2/c1-18(2)12-16-10(15-11(14)17-12)7(6-13)9(19)8-4-3-5-20-8/h3-5,7H,1-2H3,(H2,14,15,16,17). The van der Waals surface area contributed by atoms with Crippen molar-refractivity contribution in [1.82, 2.24) is 15.0 Å². The van der Waals surface area contributed by atoms with Gasteiger partial charge in [0, 0.05) is 14.1 Å². The van der Waals surface area contributed by atoms with Gasteiger partial charge in [-0.1, -0.05) is 0 Å². The lowest BCUT2D eigenvalue weighted by atomic mass is 10.0. The smallest absolute Gasteiger partial charge is 0.229 e. The molecule has 8 nitrogen and oxygen atoms in total. The van der Waals surface area contributed by atoms with E-state index in [2.05, 4.69) is 15.0 Å². The minimum Gasteiger partial charge on any atom is -0.461 e. The van der Waals surface area contributed by atoms with Crippen LogP contribution in [-0.4, -0.2) is 34.8 Å². The largest absolute Gasteiger partial charge is 0.461 e. The first-order chi connectivity index (χ1) is 9.52. The second kappa shape index (κ2) is 5.36. The van der Waals surface area contributed by atoms with Crippen molar-refractivity contribution in [3.63, 3.8) is 0 Å². The lowest BCUT2D eigenvalue weighted by Crippen LogP contribution is -2.20. The Kier molecular flexibility index (Phi) is 3.61. The number of nitrogens with zero attached hydrogens (tertiary/aromatic N) is 5. The Balaban J connectivity index is 2.42. The Morgan fingerprint density at radius 2 is 2.20 bits per heavy atom. The number of ketones is 1. The van der Waals surface area contributed by atoms with E-state index in [1.807, 2.05) is 6.07 Å². The van der Waals surface area contributed by atoms with Crippen LogP contribution in [0.25, 0.3) is 0 Å². The molecular weight excluding hydrogens is 260 g/mol. The maximum absolute atomic E-state index is 12.2. The molecule has 0 spiro atoms. The Hall–Kier alpha value is -2.95. The fourth-order valence-electron chi connectivity index (χ4n) is 1.52. The summed E-state index contributed by atoms with van der Waals surface area (Å²) in [5, 5.41) is 9.20. The number of nitrogen functional groups attached to an aromatic ring is 1. The molecule has 102 valence electrons. The van der Waals surface area contributed by atoms with Gasteiger partial charge in [0.1, 0.15) is 0 Å². The van der Waals surface area contributed by atoms with E-state index in [4.69, 9.17) is 10.2 Å². The average molecular weight is 272 g/mol. The molecule has 2 N–H and O–H groups in total. The Morgan fingerprint density at radius 3 is 2.75 bits per heavy atom. The zero-order valence-corrected chi connectivity index (χ0v) is 10.9. The number of aromatic nitrogens is 3. The third-order valence-electron chi connectivity index (χ3n) is 2.47. The summed E-state index contributed by atoms with van der Waals surface area (Å²) in [6.45, 7) is 0. The van der Waals surface area contributed by atoms with Gasteiger partial charge in [-0.3, -0.25) is 4.79 Å². The molecule has 0 saturated heterocycles. The molecule has 2 rings (SSSR count). The molecular formula is C12H12N6O2. The number of carbonyl (C=O) groups is 1. The van der Waals surface area contributed by atoms with Gasteiger partial charge in [-0.25, -0.2) is 0 Å². The second-order valence-electron chi connectivity index (χ2n) is 4.15. The van der Waals surface area contributed by atoms with Crippen molar-refractivity contribution in [1.29, 1.82) is 5.26 Å². The number of Topliss-reactive ketones (excluding diaryl/α,β-unsaturated/α-hetero) is 1. The minimum atomic E-state index is -1.19. The number of hydrogen-bond acceptors (Lipinski definition) is 8. The Bertz CT molecular complexity index is 659. The normalized spacial score (nSPS) is 11.7. The van der Waals surface area contributed by atoms with Gasteiger partial charge in [0.15, 0.2) is 17.5 Å². The number of carbonyl (C=O) groups excluding carboxylic acids is 1. The van der Waals surface area contributed by atoms with Gasteiger partial charge in [0.2, 0.25) is 17.7 Å². The number of nitrogens with two attached hydrogens (primary N) is 1. The summed E-state index contributed by atoms with van der Waals surface area (Å²) in [5.74, 6) is -1.41. The summed E-state index contributed by atoms with van der Waals surface area (Å²) in [4.78, 5) is 25.6. The maximum atomic E-state index is 12.2. The first kappa shape index (κ1) is 13.5. The van der Waals surface area contributed by atoms with Crippen LogP contribution in [0.4, 0.5) is 11.9 Å². The van der Waals surface area contributed by atoms with E-state index in [1.54, 1.807) is 25.1 Å². The molecule has 0 aliphatic carbocycles. The lowest BCUT2D eigenvalue weighted by molar-refractivity contribution is 0.0949. The highest BCUT2D eigenvalue weighted by Gasteiger charge is 2.27. The fraction of sp³-hybridized carbons (Fsp3) is 0.250. The molecule has 0 saturated carbocycles. The molecule has 0 aliphatic heterocycles. The zero-order valence-electron chi connectivity index (χ0n) is 10.9. The second-order valence-corrected chi connectivity index (χ2v) is 4.15. The maximum Gasteiger partial charge on any atom is 0.229 e. The third kappa shape index (κ3) is 2.56. The van der Waals surface area contributed by atoms with E-state index < -0.39 is 11.7 Å². The van der Waals surface area contributed by atoms with Crippen LogP contribution in [0.3, 0.4) is 0 Å². The Morgan fingerprint density at radius 1 is 1.45 bits per heavy atom. The molecule has 20 heavy (non-hydrogen) atoms. The number of hydrogen-bond donors (Lipinski definition) is 1. The summed E-state index contributed by atoms with van der Waals surface area (Å²) < 4.78 is 4.99. The molecule has 1 atom stereocenters. The van der Waals surface area contributed by atoms with Gasteiger partial charge >= 0.3 is 0 Å². The first-order valence-electron chi connectivity index (χ1n) is 5.69. The molecule has 0 amide bonds. The van der Waals surface area contributed by atoms with Gasteiger partial charge in [-0.15, -0.1) is 0 Å². The summed E-state index contributed by atoms with van der Waals surface area (Å²) in [6.07, 6.45) is 1.36. The third-order valence-corrected chi connectivity index (χ3v) is 2.47. The molecule has 1 unspecified atom stereocenters. The van der Waals surface area contributed by atoms with Gasteiger partial charge in [-0.05, 0) is 12.1 Å². The molecule has 0 radical (unpaired) electrons. The van der Waals surface area contributed by atoms with Crippen LogP contribution in [-0.2, 0) is 0 Å². The molecule has 0 fully saturated rings. The van der Waals surface area contributed by atoms with E-state index in [0.717, 1.165) is 0 Å². The van der Waals surface area contributed by atoms with Crippen LogP contribution in [0.2, 0.25) is 0 Å². The van der Waals surface area contributed by atoms with Crippen molar-refractivity contribution in [2.45, 2.75) is 5.92 Å². The zero-order chi connectivity index (χ0) is 14.7. The summed E-state index contributed by atoms with van der Waals surface area (Å²) >= 11 is 0. The van der Waals surface area contributed by atoms with Crippen molar-refractivity contribution in [3.05, 3.63) is 30.0 Å². The highest BCUT2D eigenvalue weighted by Crippen LogP contribution is 2.19. The van der Waals surface area contributed by atoms with Crippen molar-refractivity contribution in [3.8, 4) is 6.07 Å². The molecule has 8 heteroatoms. The van der Waals surface area contributed by atoms with Crippen molar-refractivity contribution < 1.29 is 9.21 Å². The van der Waals surface area contributed by atoms with Gasteiger partial charge < -0.3 is 15.1 Å². The van der Waals surface area contributed by atoms with Crippen LogP contribution >= 0.6 is 0 Å². The topological polar surface area (TPSA) is 122 Å². The molecule has 0 aliphatic rings. The quantitative estimate of drug-likeness (QED) is 0.803. The summed E-state index contributed by atoms with van der Waals surface area (Å²) in [5.41, 5.74) is 5.58. The molecule has 2 heterocycles. The van der Waals surface area contributed by atoms with Gasteiger partial charge in [-0.2, -0.15) is 20.2 Å². The predicted molar refractivity (Wildman–Crippen MR) is 70.0 cm³/mol. The van der Waals surface area contributed by atoms with Crippen molar-refractivity contribution >= 4 is 17.7 Å². The van der Waals surface area contributed by atoms with E-state index in [1.165, 1.54) is 12.3 Å². The molecule has 0 aromatic carbocycles. The number of rotatable bonds is 4. The van der Waals surface area contributed by atoms with Crippen LogP contribution < -0.4 is 10.6 Å².